The number of hydrogen-bond donors (Lipinski definition) is 1. The molecule has 0 fully saturated rings. The summed E-state index contributed by atoms with van der Waals surface area (Å²) in [5.41, 5.74) is 4.30. The van der Waals surface area contributed by atoms with Crippen LogP contribution >= 0.6 is 0 Å². The molecule has 4 nitrogen and oxygen atoms in total. The Morgan fingerprint density at radius 2 is 1.78 bits per heavy atom. The van der Waals surface area contributed by atoms with Crippen LogP contribution in [0, 0.1) is 0 Å². The van der Waals surface area contributed by atoms with Crippen LogP contribution in [0.1, 0.15) is 65.7 Å². The summed E-state index contributed by atoms with van der Waals surface area (Å²) >= 11 is 0. The van der Waals surface area contributed by atoms with Gasteiger partial charge in [-0.1, -0.05) is 30.3 Å². The van der Waals surface area contributed by atoms with Crippen molar-refractivity contribution in [3.05, 3.63) is 64.7 Å². The van der Waals surface area contributed by atoms with Crippen molar-refractivity contribution in [2.24, 2.45) is 0 Å². The van der Waals surface area contributed by atoms with E-state index in [0.717, 1.165) is 29.7 Å². The number of amides is 1. The van der Waals surface area contributed by atoms with Crippen molar-refractivity contribution in [2.75, 3.05) is 7.11 Å². The highest BCUT2D eigenvalue weighted by molar-refractivity contribution is 5.98. The van der Waals surface area contributed by atoms with Crippen LogP contribution in [0.25, 0.3) is 0 Å². The summed E-state index contributed by atoms with van der Waals surface area (Å²) in [6.45, 7) is 1.92. The Kier molecular flexibility index (Phi) is 6.28. The van der Waals surface area contributed by atoms with Crippen molar-refractivity contribution < 1.29 is 14.3 Å². The van der Waals surface area contributed by atoms with Crippen LogP contribution in [0.5, 0.6) is 5.75 Å². The highest BCUT2D eigenvalue weighted by atomic mass is 16.5. The molecule has 0 spiro atoms. The fourth-order valence-corrected chi connectivity index (χ4v) is 3.69. The highest BCUT2D eigenvalue weighted by Crippen LogP contribution is 2.25. The van der Waals surface area contributed by atoms with E-state index in [-0.39, 0.29) is 30.6 Å². The van der Waals surface area contributed by atoms with Gasteiger partial charge in [-0.3, -0.25) is 9.59 Å². The molecule has 2 aromatic carbocycles. The number of methoxy groups -OCH3 is 1. The second kappa shape index (κ2) is 8.85. The van der Waals surface area contributed by atoms with Crippen LogP contribution in [0.15, 0.2) is 42.5 Å². The predicted molar refractivity (Wildman–Crippen MR) is 106 cm³/mol. The number of nitrogens with one attached hydrogen (secondary N) is 1. The first kappa shape index (κ1) is 19.2. The summed E-state index contributed by atoms with van der Waals surface area (Å²) in [5.74, 6) is 0.652. The monoisotopic (exact) mass is 365 g/mol. The van der Waals surface area contributed by atoms with Crippen molar-refractivity contribution in [3.63, 3.8) is 0 Å². The summed E-state index contributed by atoms with van der Waals surface area (Å²) in [4.78, 5) is 24.8. The van der Waals surface area contributed by atoms with Crippen molar-refractivity contribution in [2.45, 2.75) is 51.5 Å². The summed E-state index contributed by atoms with van der Waals surface area (Å²) in [6, 6.07) is 13.4. The molecule has 142 valence electrons. The Morgan fingerprint density at radius 1 is 1.04 bits per heavy atom. The summed E-state index contributed by atoms with van der Waals surface area (Å²) in [6.07, 6.45) is 4.98. The standard InChI is InChI=1S/C23H27NO3/c1-16(20-9-5-6-10-22(20)27-2)24-23(26)14-13-21(25)19-12-11-17-7-3-4-8-18(17)15-19/h5-6,9-12,15-16H,3-4,7-8,13-14H2,1-2H3,(H,24,26)/t16-/m0/s1. The van der Waals surface area contributed by atoms with Crippen LogP contribution < -0.4 is 10.1 Å². The molecule has 1 N–H and O–H groups in total. The van der Waals surface area contributed by atoms with Gasteiger partial charge in [-0.15, -0.1) is 0 Å². The highest BCUT2D eigenvalue weighted by Gasteiger charge is 2.16. The third-order valence-corrected chi connectivity index (χ3v) is 5.23. The molecule has 4 heteroatoms. The topological polar surface area (TPSA) is 55.4 Å². The Hall–Kier alpha value is -2.62. The number of ketones is 1. The molecule has 27 heavy (non-hydrogen) atoms. The lowest BCUT2D eigenvalue weighted by Crippen LogP contribution is -2.27. The van der Waals surface area contributed by atoms with Crippen LogP contribution in [0.3, 0.4) is 0 Å². The van der Waals surface area contributed by atoms with E-state index >= 15 is 0 Å². The average Bonchev–Trinajstić information content (AvgIpc) is 2.71. The Labute approximate surface area is 160 Å². The van der Waals surface area contributed by atoms with E-state index in [0.29, 0.717) is 0 Å². The van der Waals surface area contributed by atoms with Crippen molar-refractivity contribution in [3.8, 4) is 5.75 Å². The van der Waals surface area contributed by atoms with Gasteiger partial charge in [-0.2, -0.15) is 0 Å². The summed E-state index contributed by atoms with van der Waals surface area (Å²) < 4.78 is 5.34. The van der Waals surface area contributed by atoms with Gasteiger partial charge in [0.1, 0.15) is 5.75 Å². The maximum absolute atomic E-state index is 12.5. The second-order valence-corrected chi connectivity index (χ2v) is 7.14. The molecule has 0 aliphatic heterocycles. The Balaban J connectivity index is 1.55. The van der Waals surface area contributed by atoms with E-state index in [4.69, 9.17) is 4.74 Å². The summed E-state index contributed by atoms with van der Waals surface area (Å²) in [5, 5.41) is 2.96. The minimum atomic E-state index is -0.174. The molecular formula is C23H27NO3. The molecule has 0 unspecified atom stereocenters. The molecule has 0 aromatic heterocycles. The zero-order valence-corrected chi connectivity index (χ0v) is 16.1. The zero-order valence-electron chi connectivity index (χ0n) is 16.1. The number of benzene rings is 2. The van der Waals surface area contributed by atoms with Crippen LogP contribution in [0.4, 0.5) is 0 Å². The van der Waals surface area contributed by atoms with Gasteiger partial charge in [0.05, 0.1) is 13.2 Å². The SMILES string of the molecule is COc1ccccc1[C@H](C)NC(=O)CCC(=O)c1ccc2c(c1)CCCC2. The van der Waals surface area contributed by atoms with Gasteiger partial charge in [0.15, 0.2) is 5.78 Å². The lowest BCUT2D eigenvalue weighted by molar-refractivity contribution is -0.121. The first-order chi connectivity index (χ1) is 13.1. The molecule has 1 aliphatic carbocycles. The van der Waals surface area contributed by atoms with Crippen LogP contribution in [0.2, 0.25) is 0 Å². The van der Waals surface area contributed by atoms with Crippen LogP contribution in [-0.2, 0) is 17.6 Å². The third-order valence-electron chi connectivity index (χ3n) is 5.23. The molecule has 1 amide bonds. The molecule has 3 rings (SSSR count). The maximum Gasteiger partial charge on any atom is 0.220 e. The van der Waals surface area contributed by atoms with E-state index < -0.39 is 0 Å². The van der Waals surface area contributed by atoms with E-state index in [9.17, 15) is 9.59 Å². The van der Waals surface area contributed by atoms with E-state index in [1.807, 2.05) is 43.3 Å². The fourth-order valence-electron chi connectivity index (χ4n) is 3.69. The second-order valence-electron chi connectivity index (χ2n) is 7.14. The Morgan fingerprint density at radius 3 is 2.56 bits per heavy atom. The Bertz CT molecular complexity index is 828. The lowest BCUT2D eigenvalue weighted by Gasteiger charge is -2.17. The minimum Gasteiger partial charge on any atom is -0.496 e. The molecule has 0 saturated heterocycles. The number of aryl methyl sites for hydroxylation is 2. The van der Waals surface area contributed by atoms with E-state index in [2.05, 4.69) is 11.4 Å². The van der Waals surface area contributed by atoms with Crippen molar-refractivity contribution in [1.29, 1.82) is 0 Å². The van der Waals surface area contributed by atoms with Gasteiger partial charge in [-0.05, 0) is 55.9 Å². The van der Waals surface area contributed by atoms with Gasteiger partial charge < -0.3 is 10.1 Å². The zero-order chi connectivity index (χ0) is 19.2. The molecule has 2 aromatic rings. The molecule has 1 aliphatic rings. The van der Waals surface area contributed by atoms with Crippen molar-refractivity contribution >= 4 is 11.7 Å². The largest absolute Gasteiger partial charge is 0.496 e. The van der Waals surface area contributed by atoms with Gasteiger partial charge in [0.2, 0.25) is 5.91 Å². The van der Waals surface area contributed by atoms with Gasteiger partial charge in [0, 0.05) is 24.0 Å². The molecule has 0 saturated carbocycles. The summed E-state index contributed by atoms with van der Waals surface area (Å²) in [7, 11) is 1.62. The quantitative estimate of drug-likeness (QED) is 0.739. The fraction of sp³-hybridized carbons (Fsp3) is 0.391. The average molecular weight is 365 g/mol. The number of rotatable bonds is 7. The number of Topliss-reactive ketones (excluding diaryl/α,β-unsaturated/α-hetero) is 1. The minimum absolute atomic E-state index is 0.0310. The van der Waals surface area contributed by atoms with Gasteiger partial charge >= 0.3 is 0 Å². The van der Waals surface area contributed by atoms with Crippen LogP contribution in [-0.4, -0.2) is 18.8 Å². The van der Waals surface area contributed by atoms with Crippen molar-refractivity contribution in [1.82, 2.24) is 5.32 Å². The van der Waals surface area contributed by atoms with Gasteiger partial charge in [-0.25, -0.2) is 0 Å². The molecular weight excluding hydrogens is 338 g/mol. The van der Waals surface area contributed by atoms with E-state index in [1.165, 1.54) is 24.0 Å². The van der Waals surface area contributed by atoms with Gasteiger partial charge in [0.25, 0.3) is 0 Å². The molecule has 1 atom stereocenters. The number of carbonyl (C=O) groups is 2. The predicted octanol–water partition coefficient (Wildman–Crippen LogP) is 4.41. The third kappa shape index (κ3) is 4.76. The first-order valence-electron chi connectivity index (χ1n) is 9.65. The number of para-hydroxylation sites is 1. The number of carbonyl (C=O) groups excluding carboxylic acids is 2. The number of hydrogen-bond acceptors (Lipinski definition) is 3. The smallest absolute Gasteiger partial charge is 0.220 e. The normalized spacial score (nSPS) is 14.1. The molecule has 0 bridgehead atoms. The maximum atomic E-state index is 12.5. The number of ether oxygens (including phenoxy) is 1. The van der Waals surface area contributed by atoms with E-state index in [1.54, 1.807) is 7.11 Å². The molecule has 0 radical (unpaired) electrons. The number of fused-ring (bicyclic) bond motifs is 1. The molecule has 0 heterocycles. The lowest BCUT2D eigenvalue weighted by atomic mass is 9.89. The first-order valence-corrected chi connectivity index (χ1v) is 9.65.